The molecule has 2 N–H and O–H groups in total. The summed E-state index contributed by atoms with van der Waals surface area (Å²) in [6, 6.07) is 5.10. The van der Waals surface area contributed by atoms with Crippen molar-refractivity contribution in [2.45, 2.75) is 41.5 Å². The number of amides is 1. The number of anilines is 3. The molecule has 0 atom stereocenters. The quantitative estimate of drug-likeness (QED) is 0.533. The summed E-state index contributed by atoms with van der Waals surface area (Å²) in [6.45, 7) is 12.6. The van der Waals surface area contributed by atoms with Crippen molar-refractivity contribution in [3.63, 3.8) is 0 Å². The fraction of sp³-hybridized carbons (Fsp3) is 0.476. The lowest BCUT2D eigenvalue weighted by molar-refractivity contribution is -0.383. The van der Waals surface area contributed by atoms with Gasteiger partial charge in [0.05, 0.1) is 4.92 Å². The summed E-state index contributed by atoms with van der Waals surface area (Å²) in [7, 11) is 3.31. The maximum absolute atomic E-state index is 11.9. The van der Waals surface area contributed by atoms with Crippen molar-refractivity contribution in [2.75, 3.05) is 30.9 Å². The predicted octanol–water partition coefficient (Wildman–Crippen LogP) is 4.30. The van der Waals surface area contributed by atoms with E-state index in [-0.39, 0.29) is 28.6 Å². The molecule has 0 spiro atoms. The van der Waals surface area contributed by atoms with Crippen molar-refractivity contribution in [1.82, 2.24) is 15.3 Å². The minimum atomic E-state index is -0.491. The van der Waals surface area contributed by atoms with Crippen molar-refractivity contribution in [3.8, 4) is 0 Å². The first kappa shape index (κ1) is 24.8. The number of nitrogens with one attached hydrogen (secondary N) is 2. The van der Waals surface area contributed by atoms with Gasteiger partial charge in [-0.25, -0.2) is 9.97 Å². The Balaban J connectivity index is 0.00000218. The Labute approximate surface area is 178 Å². The van der Waals surface area contributed by atoms with E-state index in [0.717, 1.165) is 5.56 Å². The van der Waals surface area contributed by atoms with E-state index in [9.17, 15) is 14.9 Å². The third-order valence-corrected chi connectivity index (χ3v) is 4.04. The lowest BCUT2D eigenvalue weighted by atomic mass is 9.96. The number of nitro groups is 1. The molecule has 164 valence electrons. The van der Waals surface area contributed by atoms with Crippen LogP contribution >= 0.6 is 0 Å². The molecule has 0 fully saturated rings. The lowest BCUT2D eigenvalue weighted by Gasteiger charge is -2.27. The Bertz CT molecular complexity index is 893. The number of benzene rings is 1. The number of aryl methyl sites for hydroxylation is 1. The van der Waals surface area contributed by atoms with Crippen LogP contribution in [0.15, 0.2) is 24.5 Å². The van der Waals surface area contributed by atoms with E-state index in [1.54, 1.807) is 37.2 Å². The number of carbonyl (C=O) groups excluding carboxylic acids is 1. The highest BCUT2D eigenvalue weighted by Crippen LogP contribution is 2.35. The Morgan fingerprint density at radius 3 is 2.40 bits per heavy atom. The Morgan fingerprint density at radius 1 is 1.23 bits per heavy atom. The van der Waals surface area contributed by atoms with Gasteiger partial charge in [0.2, 0.25) is 11.6 Å². The lowest BCUT2D eigenvalue weighted by Crippen LogP contribution is -2.30. The molecule has 1 heterocycles. The maximum Gasteiger partial charge on any atom is 0.353 e. The minimum Gasteiger partial charge on any atom is -0.355 e. The normalized spacial score (nSPS) is 10.5. The zero-order valence-corrected chi connectivity index (χ0v) is 19.0. The van der Waals surface area contributed by atoms with Crippen LogP contribution in [0, 0.1) is 22.5 Å². The van der Waals surface area contributed by atoms with Gasteiger partial charge in [0, 0.05) is 31.9 Å². The zero-order chi connectivity index (χ0) is 23.1. The first-order chi connectivity index (χ1) is 14.0. The molecule has 2 rings (SSSR count). The largest absolute Gasteiger partial charge is 0.355 e. The molecule has 9 nitrogen and oxygen atoms in total. The summed E-state index contributed by atoms with van der Waals surface area (Å²) in [5.74, 6) is 0.0660. The van der Waals surface area contributed by atoms with E-state index in [0.29, 0.717) is 17.8 Å². The number of rotatable bonds is 6. The summed E-state index contributed by atoms with van der Waals surface area (Å²) in [5.41, 5.74) is 1.55. The summed E-state index contributed by atoms with van der Waals surface area (Å²) >= 11 is 0. The first-order valence-electron chi connectivity index (χ1n) is 9.84. The molecule has 0 saturated carbocycles. The molecule has 0 aliphatic rings. The van der Waals surface area contributed by atoms with Crippen molar-refractivity contribution in [1.29, 1.82) is 0 Å². The van der Waals surface area contributed by atoms with Crippen molar-refractivity contribution >= 4 is 28.9 Å². The smallest absolute Gasteiger partial charge is 0.353 e. The van der Waals surface area contributed by atoms with Crippen LogP contribution in [0.2, 0.25) is 0 Å². The molecule has 1 aromatic carbocycles. The fourth-order valence-electron chi connectivity index (χ4n) is 2.86. The van der Waals surface area contributed by atoms with Gasteiger partial charge >= 0.3 is 5.69 Å². The van der Waals surface area contributed by atoms with Crippen LogP contribution in [0.1, 0.15) is 50.5 Å². The highest BCUT2D eigenvalue weighted by atomic mass is 16.6. The van der Waals surface area contributed by atoms with E-state index >= 15 is 0 Å². The van der Waals surface area contributed by atoms with Crippen LogP contribution in [0.4, 0.5) is 23.0 Å². The van der Waals surface area contributed by atoms with Gasteiger partial charge in [0.1, 0.15) is 6.33 Å². The molecule has 0 bridgehead atoms. The third-order valence-electron chi connectivity index (χ3n) is 4.04. The Morgan fingerprint density at radius 2 is 1.87 bits per heavy atom. The Hall–Kier alpha value is -3.23. The molecule has 1 aromatic heterocycles. The van der Waals surface area contributed by atoms with E-state index < -0.39 is 4.92 Å². The maximum atomic E-state index is 11.9. The average molecular weight is 417 g/mol. The minimum absolute atomic E-state index is 0.0698. The monoisotopic (exact) mass is 416 g/mol. The second-order valence-corrected chi connectivity index (χ2v) is 7.80. The van der Waals surface area contributed by atoms with Crippen LogP contribution in [0.25, 0.3) is 0 Å². The topological polar surface area (TPSA) is 113 Å². The number of carbonyl (C=O) groups is 1. The van der Waals surface area contributed by atoms with Gasteiger partial charge < -0.3 is 15.5 Å². The molecular formula is C21H32N6O3. The zero-order valence-electron chi connectivity index (χ0n) is 19.0. The first-order valence-corrected chi connectivity index (χ1v) is 9.84. The second kappa shape index (κ2) is 10.5. The standard InChI is InChI=1S/C19H26N6O3.C2H6/c1-12-7-8-13(18(26)20-5)9-14(12)23-16-15(25(27)28)17(22-11-21-16)24(6)10-19(2,3)4;1-2/h7-9,11H,10H2,1-6H3,(H,20,26)(H,21,22,23);1-2H3. The van der Waals surface area contributed by atoms with Gasteiger partial charge in [-0.1, -0.05) is 40.7 Å². The number of aromatic nitrogens is 2. The average Bonchev–Trinajstić information content (AvgIpc) is 2.68. The van der Waals surface area contributed by atoms with Crippen molar-refractivity contribution in [3.05, 3.63) is 45.8 Å². The van der Waals surface area contributed by atoms with Gasteiger partial charge in [-0.3, -0.25) is 14.9 Å². The molecule has 2 aromatic rings. The van der Waals surface area contributed by atoms with Crippen LogP contribution in [0.5, 0.6) is 0 Å². The molecule has 9 heteroatoms. The van der Waals surface area contributed by atoms with E-state index in [2.05, 4.69) is 20.6 Å². The second-order valence-electron chi connectivity index (χ2n) is 7.80. The Kier molecular flexibility index (Phi) is 8.70. The highest BCUT2D eigenvalue weighted by Gasteiger charge is 2.28. The number of hydrogen-bond acceptors (Lipinski definition) is 7. The third kappa shape index (κ3) is 6.40. The summed E-state index contributed by atoms with van der Waals surface area (Å²) in [6.07, 6.45) is 1.29. The number of nitrogens with zero attached hydrogens (tertiary/aromatic N) is 4. The van der Waals surface area contributed by atoms with Crippen LogP contribution in [0.3, 0.4) is 0 Å². The van der Waals surface area contributed by atoms with Gasteiger partial charge in [-0.2, -0.15) is 0 Å². The van der Waals surface area contributed by atoms with Gasteiger partial charge in [-0.05, 0) is 30.0 Å². The molecule has 0 radical (unpaired) electrons. The molecule has 0 unspecified atom stereocenters. The summed E-state index contributed by atoms with van der Waals surface area (Å²) in [4.78, 5) is 33.2. The predicted molar refractivity (Wildman–Crippen MR) is 121 cm³/mol. The van der Waals surface area contributed by atoms with E-state index in [1.807, 2.05) is 41.5 Å². The van der Waals surface area contributed by atoms with Crippen LogP contribution in [-0.4, -0.2) is 41.4 Å². The van der Waals surface area contributed by atoms with Crippen molar-refractivity contribution in [2.24, 2.45) is 5.41 Å². The molecular weight excluding hydrogens is 384 g/mol. The van der Waals surface area contributed by atoms with Gasteiger partial charge in [-0.15, -0.1) is 0 Å². The molecule has 0 aliphatic heterocycles. The molecule has 1 amide bonds. The van der Waals surface area contributed by atoms with Gasteiger partial charge in [0.15, 0.2) is 0 Å². The fourth-order valence-corrected chi connectivity index (χ4v) is 2.86. The highest BCUT2D eigenvalue weighted by molar-refractivity contribution is 5.95. The van der Waals surface area contributed by atoms with E-state index in [4.69, 9.17) is 0 Å². The summed E-state index contributed by atoms with van der Waals surface area (Å²) < 4.78 is 0. The summed E-state index contributed by atoms with van der Waals surface area (Å²) in [5, 5.41) is 17.4. The molecule has 0 aliphatic carbocycles. The van der Waals surface area contributed by atoms with Crippen molar-refractivity contribution < 1.29 is 9.72 Å². The number of hydrogen-bond donors (Lipinski definition) is 2. The van der Waals surface area contributed by atoms with Crippen LogP contribution < -0.4 is 15.5 Å². The molecule has 30 heavy (non-hydrogen) atoms. The SMILES string of the molecule is CC.CNC(=O)c1ccc(C)c(Nc2ncnc(N(C)CC(C)(C)C)c2[N+](=O)[O-])c1. The van der Waals surface area contributed by atoms with Crippen LogP contribution in [-0.2, 0) is 0 Å². The molecule has 0 saturated heterocycles. The van der Waals surface area contributed by atoms with E-state index in [1.165, 1.54) is 6.33 Å². The van der Waals surface area contributed by atoms with Gasteiger partial charge in [0.25, 0.3) is 5.91 Å².